The van der Waals surface area contributed by atoms with Crippen molar-refractivity contribution in [1.82, 2.24) is 10.2 Å². The first kappa shape index (κ1) is 15.4. The zero-order valence-corrected chi connectivity index (χ0v) is 11.5. The largest absolute Gasteiger partial charge is 0.355 e. The molecule has 3 heteroatoms. The number of amides is 1. The SMILES string of the molecule is CC(C)CCC(=O)NCCN(C)CC(C)C. The van der Waals surface area contributed by atoms with Crippen molar-refractivity contribution in [1.29, 1.82) is 0 Å². The van der Waals surface area contributed by atoms with Gasteiger partial charge >= 0.3 is 0 Å². The molecule has 96 valence electrons. The summed E-state index contributed by atoms with van der Waals surface area (Å²) in [5.74, 6) is 1.47. The van der Waals surface area contributed by atoms with E-state index in [9.17, 15) is 4.79 Å². The summed E-state index contributed by atoms with van der Waals surface area (Å²) in [5.41, 5.74) is 0. The van der Waals surface area contributed by atoms with E-state index in [0.717, 1.165) is 26.1 Å². The molecule has 0 saturated heterocycles. The molecule has 0 rings (SSSR count). The standard InChI is InChI=1S/C13H28N2O/c1-11(2)6-7-13(16)14-8-9-15(5)10-12(3)4/h11-12H,6-10H2,1-5H3,(H,14,16). The molecule has 0 aromatic carbocycles. The molecule has 0 aromatic heterocycles. The Hall–Kier alpha value is -0.570. The number of likely N-dealkylation sites (N-methyl/N-ethyl adjacent to an activating group) is 1. The monoisotopic (exact) mass is 228 g/mol. The van der Waals surface area contributed by atoms with Crippen LogP contribution in [0.5, 0.6) is 0 Å². The van der Waals surface area contributed by atoms with Crippen LogP contribution in [0.2, 0.25) is 0 Å². The van der Waals surface area contributed by atoms with Gasteiger partial charge in [0.25, 0.3) is 0 Å². The summed E-state index contributed by atoms with van der Waals surface area (Å²) in [5, 5.41) is 2.96. The maximum Gasteiger partial charge on any atom is 0.220 e. The lowest BCUT2D eigenvalue weighted by molar-refractivity contribution is -0.121. The molecule has 0 heterocycles. The number of hydrogen-bond acceptors (Lipinski definition) is 2. The van der Waals surface area contributed by atoms with Gasteiger partial charge in [-0.1, -0.05) is 27.7 Å². The molecule has 0 aliphatic rings. The molecule has 0 aliphatic heterocycles. The van der Waals surface area contributed by atoms with Gasteiger partial charge in [-0.2, -0.15) is 0 Å². The van der Waals surface area contributed by atoms with Crippen LogP contribution in [0.1, 0.15) is 40.5 Å². The summed E-state index contributed by atoms with van der Waals surface area (Å²) < 4.78 is 0. The molecule has 0 aromatic rings. The van der Waals surface area contributed by atoms with Crippen molar-refractivity contribution < 1.29 is 4.79 Å². The molecular formula is C13H28N2O. The zero-order valence-electron chi connectivity index (χ0n) is 11.5. The number of carbonyl (C=O) groups excluding carboxylic acids is 1. The number of nitrogens with zero attached hydrogens (tertiary/aromatic N) is 1. The lowest BCUT2D eigenvalue weighted by atomic mass is 10.1. The molecular weight excluding hydrogens is 200 g/mol. The maximum absolute atomic E-state index is 11.4. The Balaban J connectivity index is 3.46. The molecule has 0 saturated carbocycles. The third-order valence-electron chi connectivity index (χ3n) is 2.44. The van der Waals surface area contributed by atoms with Crippen molar-refractivity contribution in [3.8, 4) is 0 Å². The Labute approximate surface area is 101 Å². The second kappa shape index (κ2) is 8.57. The first-order chi connectivity index (χ1) is 7.41. The van der Waals surface area contributed by atoms with Gasteiger partial charge in [-0.3, -0.25) is 4.79 Å². The molecule has 0 bridgehead atoms. The van der Waals surface area contributed by atoms with Gasteiger partial charge in [0.05, 0.1) is 0 Å². The zero-order chi connectivity index (χ0) is 12.6. The third kappa shape index (κ3) is 9.97. The van der Waals surface area contributed by atoms with E-state index in [-0.39, 0.29) is 5.91 Å². The van der Waals surface area contributed by atoms with Gasteiger partial charge in [0.1, 0.15) is 0 Å². The highest BCUT2D eigenvalue weighted by molar-refractivity contribution is 5.75. The Morgan fingerprint density at radius 1 is 1.19 bits per heavy atom. The molecule has 0 unspecified atom stereocenters. The summed E-state index contributed by atoms with van der Waals surface area (Å²) >= 11 is 0. The normalized spacial score (nSPS) is 11.5. The topological polar surface area (TPSA) is 32.3 Å². The van der Waals surface area contributed by atoms with Crippen LogP contribution in [0.4, 0.5) is 0 Å². The Morgan fingerprint density at radius 2 is 1.81 bits per heavy atom. The van der Waals surface area contributed by atoms with Crippen molar-refractivity contribution >= 4 is 5.91 Å². The van der Waals surface area contributed by atoms with E-state index in [1.165, 1.54) is 0 Å². The number of rotatable bonds is 8. The average Bonchev–Trinajstić information content (AvgIpc) is 2.13. The van der Waals surface area contributed by atoms with Crippen molar-refractivity contribution in [3.05, 3.63) is 0 Å². The smallest absolute Gasteiger partial charge is 0.220 e. The van der Waals surface area contributed by atoms with E-state index in [0.29, 0.717) is 18.3 Å². The molecule has 3 nitrogen and oxygen atoms in total. The van der Waals surface area contributed by atoms with Crippen LogP contribution in [0.3, 0.4) is 0 Å². The van der Waals surface area contributed by atoms with E-state index in [4.69, 9.17) is 0 Å². The van der Waals surface area contributed by atoms with Gasteiger partial charge in [0.15, 0.2) is 0 Å². The van der Waals surface area contributed by atoms with Gasteiger partial charge < -0.3 is 10.2 Å². The van der Waals surface area contributed by atoms with E-state index in [1.807, 2.05) is 0 Å². The van der Waals surface area contributed by atoms with E-state index >= 15 is 0 Å². The molecule has 16 heavy (non-hydrogen) atoms. The Morgan fingerprint density at radius 3 is 2.31 bits per heavy atom. The fourth-order valence-electron chi connectivity index (χ4n) is 1.61. The predicted octanol–water partition coefficient (Wildman–Crippen LogP) is 2.13. The van der Waals surface area contributed by atoms with Crippen molar-refractivity contribution in [3.63, 3.8) is 0 Å². The summed E-state index contributed by atoms with van der Waals surface area (Å²) in [6.07, 6.45) is 1.64. The minimum Gasteiger partial charge on any atom is -0.355 e. The Kier molecular flexibility index (Phi) is 8.26. The van der Waals surface area contributed by atoms with Gasteiger partial charge in [-0.25, -0.2) is 0 Å². The van der Waals surface area contributed by atoms with Crippen LogP contribution in [0.25, 0.3) is 0 Å². The van der Waals surface area contributed by atoms with Crippen molar-refractivity contribution in [2.75, 3.05) is 26.7 Å². The third-order valence-corrected chi connectivity index (χ3v) is 2.44. The number of nitrogens with one attached hydrogen (secondary N) is 1. The second-order valence-electron chi connectivity index (χ2n) is 5.44. The average molecular weight is 228 g/mol. The summed E-state index contributed by atoms with van der Waals surface area (Å²) in [6, 6.07) is 0. The summed E-state index contributed by atoms with van der Waals surface area (Å²) in [4.78, 5) is 13.7. The highest BCUT2D eigenvalue weighted by Gasteiger charge is 2.04. The van der Waals surface area contributed by atoms with Gasteiger partial charge in [-0.15, -0.1) is 0 Å². The minimum atomic E-state index is 0.187. The lowest BCUT2D eigenvalue weighted by Crippen LogP contribution is -2.34. The van der Waals surface area contributed by atoms with E-state index in [1.54, 1.807) is 0 Å². The molecule has 0 aliphatic carbocycles. The molecule has 1 N–H and O–H groups in total. The number of carbonyl (C=O) groups is 1. The van der Waals surface area contributed by atoms with Crippen LogP contribution >= 0.6 is 0 Å². The van der Waals surface area contributed by atoms with Crippen LogP contribution in [-0.4, -0.2) is 37.5 Å². The first-order valence-electron chi connectivity index (χ1n) is 6.37. The molecule has 0 spiro atoms. The van der Waals surface area contributed by atoms with E-state index in [2.05, 4.69) is 45.0 Å². The Bertz CT molecular complexity index is 190. The van der Waals surface area contributed by atoms with Gasteiger partial charge in [-0.05, 0) is 25.3 Å². The van der Waals surface area contributed by atoms with Gasteiger partial charge in [0.2, 0.25) is 5.91 Å². The van der Waals surface area contributed by atoms with Crippen LogP contribution < -0.4 is 5.32 Å². The minimum absolute atomic E-state index is 0.187. The second-order valence-corrected chi connectivity index (χ2v) is 5.44. The highest BCUT2D eigenvalue weighted by atomic mass is 16.1. The van der Waals surface area contributed by atoms with Crippen LogP contribution in [0.15, 0.2) is 0 Å². The molecule has 0 fully saturated rings. The first-order valence-corrected chi connectivity index (χ1v) is 6.37. The number of hydrogen-bond donors (Lipinski definition) is 1. The molecule has 0 radical (unpaired) electrons. The fourth-order valence-corrected chi connectivity index (χ4v) is 1.61. The summed E-state index contributed by atoms with van der Waals surface area (Å²) in [7, 11) is 2.10. The fraction of sp³-hybridized carbons (Fsp3) is 0.923. The molecule has 1 amide bonds. The van der Waals surface area contributed by atoms with Crippen molar-refractivity contribution in [2.24, 2.45) is 11.8 Å². The maximum atomic E-state index is 11.4. The van der Waals surface area contributed by atoms with Crippen molar-refractivity contribution in [2.45, 2.75) is 40.5 Å². The highest BCUT2D eigenvalue weighted by Crippen LogP contribution is 2.02. The summed E-state index contributed by atoms with van der Waals surface area (Å²) in [6.45, 7) is 11.5. The van der Waals surface area contributed by atoms with E-state index < -0.39 is 0 Å². The quantitative estimate of drug-likeness (QED) is 0.690. The van der Waals surface area contributed by atoms with Crippen LogP contribution in [0, 0.1) is 11.8 Å². The van der Waals surface area contributed by atoms with Gasteiger partial charge in [0, 0.05) is 26.1 Å². The molecule has 0 atom stereocenters. The predicted molar refractivity (Wildman–Crippen MR) is 69.4 cm³/mol. The lowest BCUT2D eigenvalue weighted by Gasteiger charge is -2.19. The van der Waals surface area contributed by atoms with Crippen LogP contribution in [-0.2, 0) is 4.79 Å².